The van der Waals surface area contributed by atoms with Crippen LogP contribution in [0, 0.1) is 0 Å². The highest BCUT2D eigenvalue weighted by Gasteiger charge is 2.14. The van der Waals surface area contributed by atoms with Crippen molar-refractivity contribution in [3.8, 4) is 0 Å². The lowest BCUT2D eigenvalue weighted by atomic mass is 10.1. The molecule has 2 aromatic heterocycles. The van der Waals surface area contributed by atoms with Crippen LogP contribution in [-0.4, -0.2) is 21.5 Å². The van der Waals surface area contributed by atoms with Gasteiger partial charge in [-0.3, -0.25) is 0 Å². The number of nitrogens with one attached hydrogen (secondary N) is 2. The van der Waals surface area contributed by atoms with E-state index in [1.807, 2.05) is 18.3 Å². The molecule has 0 bridgehead atoms. The molecule has 4 nitrogen and oxygen atoms in total. The van der Waals surface area contributed by atoms with Gasteiger partial charge in [0.15, 0.2) is 0 Å². The number of hydrogen-bond acceptors (Lipinski definition) is 2. The summed E-state index contributed by atoms with van der Waals surface area (Å²) in [7, 11) is 0. The van der Waals surface area contributed by atoms with E-state index in [-0.39, 0.29) is 5.92 Å². The lowest BCUT2D eigenvalue weighted by Crippen LogP contribution is -2.15. The lowest BCUT2D eigenvalue weighted by molar-refractivity contribution is 0.745. The Labute approximate surface area is 76.2 Å². The third-order valence-electron chi connectivity index (χ3n) is 2.08. The highest BCUT2D eigenvalue weighted by molar-refractivity contribution is 5.19. The number of H-pyrrole nitrogens is 2. The van der Waals surface area contributed by atoms with Crippen LogP contribution in [0.2, 0.25) is 0 Å². The fraction of sp³-hybridized carbons (Fsp3) is 0.222. The molecule has 4 N–H and O–H groups in total. The van der Waals surface area contributed by atoms with Crippen molar-refractivity contribution in [2.45, 2.75) is 5.92 Å². The van der Waals surface area contributed by atoms with Gasteiger partial charge in [0.1, 0.15) is 5.82 Å². The van der Waals surface area contributed by atoms with Gasteiger partial charge in [-0.05, 0) is 12.1 Å². The Hall–Kier alpha value is -1.55. The van der Waals surface area contributed by atoms with E-state index < -0.39 is 0 Å². The van der Waals surface area contributed by atoms with Crippen molar-refractivity contribution in [3.05, 3.63) is 42.2 Å². The Morgan fingerprint density at radius 2 is 2.31 bits per heavy atom. The molecule has 2 heterocycles. The number of nitrogens with zero attached hydrogens (tertiary/aromatic N) is 1. The minimum absolute atomic E-state index is 0.144. The Bertz CT molecular complexity index is 301. The second kappa shape index (κ2) is 3.45. The van der Waals surface area contributed by atoms with Crippen LogP contribution in [0.25, 0.3) is 0 Å². The zero-order valence-electron chi connectivity index (χ0n) is 7.20. The van der Waals surface area contributed by atoms with Crippen LogP contribution in [0.5, 0.6) is 0 Å². The quantitative estimate of drug-likeness (QED) is 0.648. The molecule has 68 valence electrons. The summed E-state index contributed by atoms with van der Waals surface area (Å²) in [4.78, 5) is 10.4. The molecule has 0 spiro atoms. The Balaban J connectivity index is 2.29. The number of imidazole rings is 1. The smallest absolute Gasteiger partial charge is 0.116 e. The normalized spacial score (nSPS) is 13.0. The average Bonchev–Trinajstić information content (AvgIpc) is 2.76. The van der Waals surface area contributed by atoms with Crippen molar-refractivity contribution in [1.82, 2.24) is 15.0 Å². The summed E-state index contributed by atoms with van der Waals surface area (Å²) in [6.07, 6.45) is 5.43. The maximum absolute atomic E-state index is 5.68. The molecule has 4 heteroatoms. The van der Waals surface area contributed by atoms with Gasteiger partial charge >= 0.3 is 0 Å². The van der Waals surface area contributed by atoms with Crippen molar-refractivity contribution in [2.75, 3.05) is 6.54 Å². The highest BCUT2D eigenvalue weighted by atomic mass is 14.9. The molecule has 2 rings (SSSR count). The molecule has 2 aromatic rings. The summed E-state index contributed by atoms with van der Waals surface area (Å²) in [6, 6.07) is 3.97. The summed E-state index contributed by atoms with van der Waals surface area (Å²) in [5.74, 6) is 1.05. The highest BCUT2D eigenvalue weighted by Crippen LogP contribution is 2.17. The van der Waals surface area contributed by atoms with Gasteiger partial charge < -0.3 is 15.7 Å². The van der Waals surface area contributed by atoms with Gasteiger partial charge in [-0.1, -0.05) is 0 Å². The molecule has 0 radical (unpaired) electrons. The van der Waals surface area contributed by atoms with E-state index in [1.54, 1.807) is 12.4 Å². The first kappa shape index (κ1) is 8.07. The summed E-state index contributed by atoms with van der Waals surface area (Å²) in [5, 5.41) is 0. The van der Waals surface area contributed by atoms with E-state index in [9.17, 15) is 0 Å². The van der Waals surface area contributed by atoms with Crippen molar-refractivity contribution in [3.63, 3.8) is 0 Å². The first-order valence-corrected chi connectivity index (χ1v) is 4.24. The Morgan fingerprint density at radius 3 is 2.85 bits per heavy atom. The zero-order valence-corrected chi connectivity index (χ0v) is 7.20. The molecule has 0 aliphatic heterocycles. The van der Waals surface area contributed by atoms with Crippen molar-refractivity contribution in [2.24, 2.45) is 5.73 Å². The van der Waals surface area contributed by atoms with E-state index >= 15 is 0 Å². The molecule has 0 saturated carbocycles. The second-order valence-electron chi connectivity index (χ2n) is 2.89. The van der Waals surface area contributed by atoms with Gasteiger partial charge in [0.25, 0.3) is 0 Å². The van der Waals surface area contributed by atoms with E-state index in [2.05, 4.69) is 15.0 Å². The minimum Gasteiger partial charge on any atom is -0.364 e. The Kier molecular flexibility index (Phi) is 2.14. The summed E-state index contributed by atoms with van der Waals surface area (Å²) in [5.41, 5.74) is 6.77. The van der Waals surface area contributed by atoms with Gasteiger partial charge in [-0.15, -0.1) is 0 Å². The van der Waals surface area contributed by atoms with Crippen molar-refractivity contribution < 1.29 is 0 Å². The van der Waals surface area contributed by atoms with E-state index in [0.717, 1.165) is 11.5 Å². The maximum atomic E-state index is 5.68. The minimum atomic E-state index is 0.144. The molecule has 13 heavy (non-hydrogen) atoms. The van der Waals surface area contributed by atoms with Gasteiger partial charge in [0, 0.05) is 30.8 Å². The van der Waals surface area contributed by atoms with Crippen LogP contribution in [-0.2, 0) is 0 Å². The van der Waals surface area contributed by atoms with Gasteiger partial charge in [-0.2, -0.15) is 0 Å². The lowest BCUT2D eigenvalue weighted by Gasteiger charge is -2.09. The first-order chi connectivity index (χ1) is 6.42. The topological polar surface area (TPSA) is 70.5 Å². The molecule has 0 aliphatic rings. The predicted molar refractivity (Wildman–Crippen MR) is 50.3 cm³/mol. The van der Waals surface area contributed by atoms with Gasteiger partial charge in [-0.25, -0.2) is 4.98 Å². The fourth-order valence-electron chi connectivity index (χ4n) is 1.41. The van der Waals surface area contributed by atoms with Gasteiger partial charge in [0.05, 0.1) is 5.92 Å². The average molecular weight is 176 g/mol. The van der Waals surface area contributed by atoms with Crippen LogP contribution < -0.4 is 5.73 Å². The van der Waals surface area contributed by atoms with Crippen LogP contribution in [0.1, 0.15) is 17.4 Å². The molecular weight excluding hydrogens is 164 g/mol. The molecule has 0 aromatic carbocycles. The number of rotatable bonds is 3. The molecular formula is C9H12N4. The number of nitrogens with two attached hydrogens (primary N) is 1. The van der Waals surface area contributed by atoms with Crippen LogP contribution in [0.4, 0.5) is 0 Å². The van der Waals surface area contributed by atoms with E-state index in [0.29, 0.717) is 6.54 Å². The van der Waals surface area contributed by atoms with Crippen LogP contribution >= 0.6 is 0 Å². The monoisotopic (exact) mass is 176 g/mol. The summed E-state index contributed by atoms with van der Waals surface area (Å²) >= 11 is 0. The third-order valence-corrected chi connectivity index (χ3v) is 2.08. The molecule has 1 unspecified atom stereocenters. The maximum Gasteiger partial charge on any atom is 0.116 e. The number of aromatic nitrogens is 3. The third kappa shape index (κ3) is 1.48. The van der Waals surface area contributed by atoms with E-state index in [4.69, 9.17) is 5.73 Å². The van der Waals surface area contributed by atoms with Gasteiger partial charge in [0.2, 0.25) is 0 Å². The molecule has 0 fully saturated rings. The standard InChI is InChI=1S/C9H12N4/c10-6-7(8-2-1-3-11-8)9-12-4-5-13-9/h1-5,7,11H,6,10H2,(H,12,13). The Morgan fingerprint density at radius 1 is 1.38 bits per heavy atom. The molecule has 0 amide bonds. The molecule has 0 saturated heterocycles. The van der Waals surface area contributed by atoms with Crippen molar-refractivity contribution in [1.29, 1.82) is 0 Å². The second-order valence-corrected chi connectivity index (χ2v) is 2.89. The van der Waals surface area contributed by atoms with Crippen molar-refractivity contribution >= 4 is 0 Å². The number of hydrogen-bond donors (Lipinski definition) is 3. The fourth-order valence-corrected chi connectivity index (χ4v) is 1.41. The summed E-state index contributed by atoms with van der Waals surface area (Å²) in [6.45, 7) is 0.550. The SMILES string of the molecule is NCC(c1ccc[nH]1)c1ncc[nH]1. The van der Waals surface area contributed by atoms with E-state index in [1.165, 1.54) is 0 Å². The largest absolute Gasteiger partial charge is 0.364 e. The first-order valence-electron chi connectivity index (χ1n) is 4.24. The number of aromatic amines is 2. The predicted octanol–water partition coefficient (Wildman–Crippen LogP) is 0.828. The van der Waals surface area contributed by atoms with Crippen LogP contribution in [0.3, 0.4) is 0 Å². The van der Waals surface area contributed by atoms with Crippen LogP contribution in [0.15, 0.2) is 30.7 Å². The summed E-state index contributed by atoms with van der Waals surface area (Å²) < 4.78 is 0. The zero-order chi connectivity index (χ0) is 9.10. The molecule has 0 aliphatic carbocycles. The molecule has 1 atom stereocenters.